The summed E-state index contributed by atoms with van der Waals surface area (Å²) in [6, 6.07) is 8.00. The zero-order valence-corrected chi connectivity index (χ0v) is 12.8. The molecule has 1 aliphatic rings. The summed E-state index contributed by atoms with van der Waals surface area (Å²) < 4.78 is 0. The Kier molecular flexibility index (Phi) is 4.78. The standard InChI is InChI=1S/C16H25N3O/c1-11(2)9-12(10-19(3)4)17-15-13-7-5-6-8-14(13)18-16(15)20/h5-8,11-12,15,17H,9-10H2,1-4H3,(H,18,20). The molecule has 4 nitrogen and oxygen atoms in total. The van der Waals surface area contributed by atoms with Crippen LogP contribution in [0.1, 0.15) is 31.9 Å². The molecule has 1 amide bonds. The zero-order valence-electron chi connectivity index (χ0n) is 12.8. The van der Waals surface area contributed by atoms with Gasteiger partial charge in [-0.3, -0.25) is 10.1 Å². The van der Waals surface area contributed by atoms with E-state index in [0.717, 1.165) is 24.2 Å². The number of carbonyl (C=O) groups excluding carboxylic acids is 1. The molecule has 0 spiro atoms. The maximum atomic E-state index is 12.2. The number of carbonyl (C=O) groups is 1. The summed E-state index contributed by atoms with van der Waals surface area (Å²) >= 11 is 0. The molecule has 2 unspecified atom stereocenters. The second-order valence-corrected chi connectivity index (χ2v) is 6.26. The maximum Gasteiger partial charge on any atom is 0.246 e. The van der Waals surface area contributed by atoms with E-state index in [0.29, 0.717) is 12.0 Å². The molecule has 1 aromatic carbocycles. The summed E-state index contributed by atoms with van der Waals surface area (Å²) in [5.74, 6) is 0.658. The van der Waals surface area contributed by atoms with E-state index in [4.69, 9.17) is 0 Å². The lowest BCUT2D eigenvalue weighted by Crippen LogP contribution is -2.43. The minimum Gasteiger partial charge on any atom is -0.324 e. The number of nitrogens with one attached hydrogen (secondary N) is 2. The van der Waals surface area contributed by atoms with Gasteiger partial charge in [-0.2, -0.15) is 0 Å². The Hall–Kier alpha value is -1.39. The summed E-state index contributed by atoms with van der Waals surface area (Å²) in [5.41, 5.74) is 1.99. The van der Waals surface area contributed by atoms with Crippen molar-refractivity contribution in [3.05, 3.63) is 29.8 Å². The molecule has 1 aliphatic heterocycles. The largest absolute Gasteiger partial charge is 0.324 e. The molecule has 2 rings (SSSR count). The summed E-state index contributed by atoms with van der Waals surface area (Å²) in [7, 11) is 4.13. The van der Waals surface area contributed by atoms with Crippen molar-refractivity contribution in [2.24, 2.45) is 5.92 Å². The van der Waals surface area contributed by atoms with Crippen LogP contribution in [-0.2, 0) is 4.79 Å². The molecule has 0 saturated carbocycles. The number of amides is 1. The van der Waals surface area contributed by atoms with Gasteiger partial charge in [0.15, 0.2) is 0 Å². The van der Waals surface area contributed by atoms with Crippen molar-refractivity contribution in [2.75, 3.05) is 26.0 Å². The number of rotatable bonds is 6. The predicted octanol–water partition coefficient (Wildman–Crippen LogP) is 2.25. The number of hydrogen-bond donors (Lipinski definition) is 2. The Labute approximate surface area is 121 Å². The fraction of sp³-hybridized carbons (Fsp3) is 0.562. The van der Waals surface area contributed by atoms with Crippen molar-refractivity contribution in [1.29, 1.82) is 0 Å². The van der Waals surface area contributed by atoms with Crippen molar-refractivity contribution < 1.29 is 4.79 Å². The number of para-hydroxylation sites is 1. The van der Waals surface area contributed by atoms with Gasteiger partial charge in [0, 0.05) is 23.8 Å². The molecule has 0 aliphatic carbocycles. The first-order valence-electron chi connectivity index (χ1n) is 7.28. The van der Waals surface area contributed by atoms with Crippen LogP contribution in [0.25, 0.3) is 0 Å². The number of benzene rings is 1. The lowest BCUT2D eigenvalue weighted by Gasteiger charge is -2.26. The maximum absolute atomic E-state index is 12.2. The van der Waals surface area contributed by atoms with Gasteiger partial charge in [-0.15, -0.1) is 0 Å². The second kappa shape index (κ2) is 6.37. The van der Waals surface area contributed by atoms with Crippen LogP contribution in [0.5, 0.6) is 0 Å². The molecule has 0 bridgehead atoms. The quantitative estimate of drug-likeness (QED) is 0.837. The van der Waals surface area contributed by atoms with Gasteiger partial charge in [-0.05, 0) is 32.5 Å². The molecule has 0 saturated heterocycles. The summed E-state index contributed by atoms with van der Waals surface area (Å²) in [4.78, 5) is 14.3. The van der Waals surface area contributed by atoms with Gasteiger partial charge in [0.1, 0.15) is 6.04 Å². The first-order valence-corrected chi connectivity index (χ1v) is 7.28. The summed E-state index contributed by atoms with van der Waals surface area (Å²) in [6.07, 6.45) is 1.06. The summed E-state index contributed by atoms with van der Waals surface area (Å²) in [5, 5.41) is 6.48. The molecule has 1 heterocycles. The van der Waals surface area contributed by atoms with Gasteiger partial charge in [-0.25, -0.2) is 0 Å². The summed E-state index contributed by atoms with van der Waals surface area (Å²) in [6.45, 7) is 5.37. The topological polar surface area (TPSA) is 44.4 Å². The van der Waals surface area contributed by atoms with Crippen LogP contribution in [-0.4, -0.2) is 37.5 Å². The third-order valence-corrected chi connectivity index (χ3v) is 3.54. The van der Waals surface area contributed by atoms with Gasteiger partial charge in [0.2, 0.25) is 5.91 Å². The number of likely N-dealkylation sites (N-methyl/N-ethyl adjacent to an activating group) is 1. The van der Waals surface area contributed by atoms with Crippen LogP contribution in [0.3, 0.4) is 0 Å². The molecule has 0 aromatic heterocycles. The van der Waals surface area contributed by atoms with Crippen LogP contribution in [0.15, 0.2) is 24.3 Å². The lowest BCUT2D eigenvalue weighted by molar-refractivity contribution is -0.117. The van der Waals surface area contributed by atoms with Gasteiger partial charge in [0.05, 0.1) is 0 Å². The van der Waals surface area contributed by atoms with Gasteiger partial charge >= 0.3 is 0 Å². The van der Waals surface area contributed by atoms with Crippen molar-refractivity contribution in [2.45, 2.75) is 32.4 Å². The molecule has 1 aromatic rings. The Bertz CT molecular complexity index is 461. The fourth-order valence-electron chi connectivity index (χ4n) is 2.81. The van der Waals surface area contributed by atoms with Crippen LogP contribution in [0.2, 0.25) is 0 Å². The Morgan fingerprint density at radius 1 is 1.30 bits per heavy atom. The number of nitrogens with zero attached hydrogens (tertiary/aromatic N) is 1. The monoisotopic (exact) mass is 275 g/mol. The van der Waals surface area contributed by atoms with E-state index in [1.165, 1.54) is 0 Å². The predicted molar refractivity (Wildman–Crippen MR) is 82.7 cm³/mol. The molecule has 20 heavy (non-hydrogen) atoms. The minimum absolute atomic E-state index is 0.0544. The van der Waals surface area contributed by atoms with Crippen LogP contribution >= 0.6 is 0 Å². The SMILES string of the molecule is CC(C)CC(CN(C)C)NC1C(=O)Nc2ccccc21. The third kappa shape index (κ3) is 3.58. The van der Waals surface area contributed by atoms with E-state index in [1.54, 1.807) is 0 Å². The zero-order chi connectivity index (χ0) is 14.7. The van der Waals surface area contributed by atoms with Gasteiger partial charge < -0.3 is 10.2 Å². The third-order valence-electron chi connectivity index (χ3n) is 3.54. The van der Waals surface area contributed by atoms with Crippen molar-refractivity contribution in [1.82, 2.24) is 10.2 Å². The number of anilines is 1. The average molecular weight is 275 g/mol. The Balaban J connectivity index is 2.11. The highest BCUT2D eigenvalue weighted by molar-refractivity contribution is 6.02. The highest BCUT2D eigenvalue weighted by atomic mass is 16.2. The molecular formula is C16H25N3O. The fourth-order valence-corrected chi connectivity index (χ4v) is 2.81. The van der Waals surface area contributed by atoms with Crippen LogP contribution in [0, 0.1) is 5.92 Å². The van der Waals surface area contributed by atoms with Crippen molar-refractivity contribution in [3.8, 4) is 0 Å². The first-order chi connectivity index (χ1) is 9.47. The minimum atomic E-state index is -0.227. The van der Waals surface area contributed by atoms with E-state index in [9.17, 15) is 4.79 Å². The molecule has 0 fully saturated rings. The Morgan fingerprint density at radius 3 is 2.65 bits per heavy atom. The van der Waals surface area contributed by atoms with Crippen molar-refractivity contribution in [3.63, 3.8) is 0 Å². The van der Waals surface area contributed by atoms with E-state index in [2.05, 4.69) is 43.5 Å². The molecule has 110 valence electrons. The van der Waals surface area contributed by atoms with Gasteiger partial charge in [-0.1, -0.05) is 32.0 Å². The Morgan fingerprint density at radius 2 is 2.00 bits per heavy atom. The molecule has 0 radical (unpaired) electrons. The smallest absolute Gasteiger partial charge is 0.246 e. The highest BCUT2D eigenvalue weighted by Crippen LogP contribution is 2.30. The van der Waals surface area contributed by atoms with Crippen LogP contribution in [0.4, 0.5) is 5.69 Å². The van der Waals surface area contributed by atoms with E-state index >= 15 is 0 Å². The van der Waals surface area contributed by atoms with Crippen molar-refractivity contribution >= 4 is 11.6 Å². The molecule has 2 atom stereocenters. The number of fused-ring (bicyclic) bond motifs is 1. The average Bonchev–Trinajstić information content (AvgIpc) is 2.64. The molecule has 2 N–H and O–H groups in total. The van der Waals surface area contributed by atoms with Gasteiger partial charge in [0.25, 0.3) is 0 Å². The number of hydrogen-bond acceptors (Lipinski definition) is 3. The van der Waals surface area contributed by atoms with E-state index < -0.39 is 0 Å². The van der Waals surface area contributed by atoms with Crippen LogP contribution < -0.4 is 10.6 Å². The normalized spacial score (nSPS) is 19.3. The lowest BCUT2D eigenvalue weighted by atomic mass is 10.0. The van der Waals surface area contributed by atoms with E-state index in [1.807, 2.05) is 24.3 Å². The van der Waals surface area contributed by atoms with E-state index in [-0.39, 0.29) is 11.9 Å². The molecular weight excluding hydrogens is 250 g/mol. The molecule has 4 heteroatoms. The second-order valence-electron chi connectivity index (χ2n) is 6.26. The first kappa shape index (κ1) is 15.0. The highest BCUT2D eigenvalue weighted by Gasteiger charge is 2.31.